The van der Waals surface area contributed by atoms with Gasteiger partial charge in [0.05, 0.1) is 6.20 Å². The Balaban J connectivity index is 1.67. The van der Waals surface area contributed by atoms with Gasteiger partial charge in [-0.1, -0.05) is 30.3 Å². The van der Waals surface area contributed by atoms with Gasteiger partial charge in [-0.3, -0.25) is 4.79 Å². The largest absolute Gasteiger partial charge is 0.457 e. The maximum atomic E-state index is 12.2. The van der Waals surface area contributed by atoms with Crippen LogP contribution in [0.3, 0.4) is 0 Å². The molecule has 0 amide bonds. The lowest BCUT2D eigenvalue weighted by molar-refractivity contribution is -0.683. The summed E-state index contributed by atoms with van der Waals surface area (Å²) in [5.41, 5.74) is 0.882. The van der Waals surface area contributed by atoms with Crippen LogP contribution in [0.2, 0.25) is 0 Å². The fourth-order valence-electron chi connectivity index (χ4n) is 2.74. The van der Waals surface area contributed by atoms with Crippen molar-refractivity contribution in [2.75, 3.05) is 0 Å². The lowest BCUT2D eigenvalue weighted by atomic mass is 10.1. The van der Waals surface area contributed by atoms with E-state index < -0.39 is 5.97 Å². The van der Waals surface area contributed by atoms with Gasteiger partial charge >= 0.3 is 5.97 Å². The molecule has 1 aromatic heterocycles. The van der Waals surface area contributed by atoms with Crippen molar-refractivity contribution in [1.82, 2.24) is 4.98 Å². The normalized spacial score (nSPS) is 14.6. The molecule has 0 bridgehead atoms. The fraction of sp³-hybridized carbons (Fsp3) is 0.333. The number of ketones is 1. The monoisotopic (exact) mass is 311 g/mol. The zero-order valence-corrected chi connectivity index (χ0v) is 12.9. The van der Waals surface area contributed by atoms with Gasteiger partial charge in [0, 0.05) is 5.56 Å². The first-order valence-electron chi connectivity index (χ1n) is 7.87. The molecule has 0 spiro atoms. The third kappa shape index (κ3) is 4.00. The molecule has 0 radical (unpaired) electrons. The van der Waals surface area contributed by atoms with Gasteiger partial charge in [-0.05, 0) is 25.7 Å². The van der Waals surface area contributed by atoms with E-state index in [-0.39, 0.29) is 24.1 Å². The minimum Gasteiger partial charge on any atom is -0.457 e. The van der Waals surface area contributed by atoms with Crippen LogP contribution >= 0.6 is 0 Å². The second-order valence-electron chi connectivity index (χ2n) is 5.71. The van der Waals surface area contributed by atoms with Gasteiger partial charge in [0.1, 0.15) is 6.10 Å². The van der Waals surface area contributed by atoms with Crippen molar-refractivity contribution in [2.24, 2.45) is 0 Å². The smallest absolute Gasteiger partial charge is 0.363 e. The Labute approximate surface area is 134 Å². The fourth-order valence-corrected chi connectivity index (χ4v) is 2.74. The summed E-state index contributed by atoms with van der Waals surface area (Å²) in [4.78, 5) is 28.4. The average Bonchev–Trinajstić information content (AvgIpc) is 3.09. The van der Waals surface area contributed by atoms with Gasteiger partial charge in [-0.25, -0.2) is 9.78 Å². The number of benzene rings is 1. The summed E-state index contributed by atoms with van der Waals surface area (Å²) in [5, 5.41) is 0. The van der Waals surface area contributed by atoms with Crippen LogP contribution in [0.5, 0.6) is 0 Å². The minimum atomic E-state index is -0.418. The van der Waals surface area contributed by atoms with Gasteiger partial charge < -0.3 is 4.74 Å². The van der Waals surface area contributed by atoms with Gasteiger partial charge in [-0.2, -0.15) is 4.57 Å². The Hall–Kier alpha value is -2.56. The highest BCUT2D eigenvalue weighted by atomic mass is 16.5. The van der Waals surface area contributed by atoms with Crippen molar-refractivity contribution in [1.29, 1.82) is 0 Å². The van der Waals surface area contributed by atoms with Crippen molar-refractivity contribution in [3.8, 4) is 0 Å². The number of aromatic nitrogens is 2. The number of hydrogen-bond acceptors (Lipinski definition) is 4. The zero-order valence-electron chi connectivity index (χ0n) is 12.9. The molecule has 1 aliphatic carbocycles. The Morgan fingerprint density at radius 1 is 1.17 bits per heavy atom. The molecule has 5 nitrogen and oxygen atoms in total. The third-order valence-corrected chi connectivity index (χ3v) is 3.97. The van der Waals surface area contributed by atoms with Crippen LogP contribution in [-0.2, 0) is 11.3 Å². The van der Waals surface area contributed by atoms with E-state index in [2.05, 4.69) is 4.98 Å². The van der Waals surface area contributed by atoms with Crippen molar-refractivity contribution in [2.45, 2.75) is 38.3 Å². The molecule has 1 saturated carbocycles. The molecule has 0 N–H and O–H groups in total. The number of carbonyl (C=O) groups is 2. The topological polar surface area (TPSA) is 60.1 Å². The molecule has 3 rings (SSSR count). The number of hydrogen-bond donors (Lipinski definition) is 0. The standard InChI is InChI=1S/C18H19N2O3/c21-17(14-6-2-1-3-7-14)13-20-11-10-19-16(12-20)18(22)23-15-8-4-5-9-15/h1-3,6-7,10-12,15H,4-5,8-9,13H2/q+1. The van der Waals surface area contributed by atoms with E-state index in [1.165, 1.54) is 6.20 Å². The predicted molar refractivity (Wildman–Crippen MR) is 82.9 cm³/mol. The van der Waals surface area contributed by atoms with Crippen LogP contribution in [0.15, 0.2) is 48.9 Å². The van der Waals surface area contributed by atoms with Crippen LogP contribution in [-0.4, -0.2) is 22.8 Å². The molecule has 23 heavy (non-hydrogen) atoms. The number of carbonyl (C=O) groups excluding carboxylic acids is 2. The Morgan fingerprint density at radius 3 is 2.65 bits per heavy atom. The summed E-state index contributed by atoms with van der Waals surface area (Å²) in [6, 6.07) is 9.08. The number of Topliss-reactive ketones (excluding diaryl/α,β-unsaturated/α-hetero) is 1. The highest BCUT2D eigenvalue weighted by Gasteiger charge is 2.23. The summed E-state index contributed by atoms with van der Waals surface area (Å²) in [6.07, 6.45) is 8.81. The van der Waals surface area contributed by atoms with E-state index in [0.717, 1.165) is 25.7 Å². The maximum Gasteiger partial charge on any atom is 0.363 e. The zero-order chi connectivity index (χ0) is 16.1. The summed E-state index contributed by atoms with van der Waals surface area (Å²) in [7, 11) is 0. The van der Waals surface area contributed by atoms with E-state index in [9.17, 15) is 9.59 Å². The van der Waals surface area contributed by atoms with E-state index in [0.29, 0.717) is 5.56 Å². The van der Waals surface area contributed by atoms with Crippen molar-refractivity contribution >= 4 is 11.8 Å². The van der Waals surface area contributed by atoms with Gasteiger partial charge in [0.15, 0.2) is 6.20 Å². The summed E-state index contributed by atoms with van der Waals surface area (Å²) in [5.74, 6) is -0.435. The molecule has 1 aromatic carbocycles. The molecule has 1 heterocycles. The third-order valence-electron chi connectivity index (χ3n) is 3.97. The second kappa shape index (κ2) is 7.13. The quantitative estimate of drug-likeness (QED) is 0.483. The summed E-state index contributed by atoms with van der Waals surface area (Å²) < 4.78 is 7.10. The van der Waals surface area contributed by atoms with Crippen LogP contribution in [0.4, 0.5) is 0 Å². The van der Waals surface area contributed by atoms with Crippen LogP contribution in [0, 0.1) is 0 Å². The Kier molecular flexibility index (Phi) is 4.76. The number of rotatable bonds is 5. The lowest BCUT2D eigenvalue weighted by Crippen LogP contribution is -2.38. The molecule has 0 atom stereocenters. The first-order valence-corrected chi connectivity index (χ1v) is 7.87. The predicted octanol–water partition coefficient (Wildman–Crippen LogP) is 2.35. The van der Waals surface area contributed by atoms with E-state index in [1.807, 2.05) is 18.2 Å². The molecular weight excluding hydrogens is 292 g/mol. The van der Waals surface area contributed by atoms with Crippen LogP contribution in [0.1, 0.15) is 46.5 Å². The van der Waals surface area contributed by atoms with Gasteiger partial charge in [-0.15, -0.1) is 0 Å². The molecule has 2 aromatic rings. The minimum absolute atomic E-state index is 0.00362. The average molecular weight is 311 g/mol. The van der Waals surface area contributed by atoms with E-state index >= 15 is 0 Å². The van der Waals surface area contributed by atoms with Crippen molar-refractivity contribution < 1.29 is 18.9 Å². The van der Waals surface area contributed by atoms with Crippen molar-refractivity contribution in [3.05, 3.63) is 60.2 Å². The highest BCUT2D eigenvalue weighted by molar-refractivity contribution is 5.95. The molecule has 0 saturated heterocycles. The lowest BCUT2D eigenvalue weighted by Gasteiger charge is -2.09. The molecule has 5 heteroatoms. The molecule has 0 unspecified atom stereocenters. The molecule has 0 aliphatic heterocycles. The Morgan fingerprint density at radius 2 is 1.91 bits per heavy atom. The van der Waals surface area contributed by atoms with E-state index in [1.54, 1.807) is 29.1 Å². The number of esters is 1. The van der Waals surface area contributed by atoms with E-state index in [4.69, 9.17) is 4.74 Å². The maximum absolute atomic E-state index is 12.2. The first kappa shape index (κ1) is 15.3. The summed E-state index contributed by atoms with van der Waals surface area (Å²) >= 11 is 0. The molecule has 1 fully saturated rings. The van der Waals surface area contributed by atoms with Gasteiger partial charge in [0.2, 0.25) is 24.2 Å². The Bertz CT molecular complexity index is 694. The molecule has 118 valence electrons. The van der Waals surface area contributed by atoms with Crippen molar-refractivity contribution in [3.63, 3.8) is 0 Å². The number of ether oxygens (including phenoxy) is 1. The first-order chi connectivity index (χ1) is 11.2. The van der Waals surface area contributed by atoms with Crippen LogP contribution < -0.4 is 4.57 Å². The molecule has 1 aliphatic rings. The second-order valence-corrected chi connectivity index (χ2v) is 5.71. The molecular formula is C18H19N2O3+. The number of nitrogens with zero attached hydrogens (tertiary/aromatic N) is 2. The van der Waals surface area contributed by atoms with Crippen LogP contribution in [0.25, 0.3) is 0 Å². The summed E-state index contributed by atoms with van der Waals surface area (Å²) in [6.45, 7) is 0.163. The van der Waals surface area contributed by atoms with Gasteiger partial charge in [0.25, 0.3) is 0 Å². The SMILES string of the molecule is O=C(C[n+]1ccnc(C(=O)OC2CCCC2)c1)c1ccccc1. The highest BCUT2D eigenvalue weighted by Crippen LogP contribution is 2.21.